The van der Waals surface area contributed by atoms with Gasteiger partial charge in [0.2, 0.25) is 0 Å². The van der Waals surface area contributed by atoms with Gasteiger partial charge >= 0.3 is 0 Å². The lowest BCUT2D eigenvalue weighted by molar-refractivity contribution is 0.867. The highest BCUT2D eigenvalue weighted by Crippen LogP contribution is 2.25. The molecule has 0 bridgehead atoms. The molecule has 0 nitrogen and oxygen atoms in total. The van der Waals surface area contributed by atoms with E-state index in [1.165, 1.54) is 27.8 Å². The largest absolute Gasteiger partial charge is 0.0871 e. The summed E-state index contributed by atoms with van der Waals surface area (Å²) >= 11 is 0. The normalized spacial score (nSPS) is 10.6. The van der Waals surface area contributed by atoms with Crippen LogP contribution in [0.1, 0.15) is 57.2 Å². The molecule has 0 atom stereocenters. The van der Waals surface area contributed by atoms with Crippen molar-refractivity contribution in [3.05, 3.63) is 65.2 Å². The lowest BCUT2D eigenvalue weighted by Crippen LogP contribution is -1.88. The van der Waals surface area contributed by atoms with E-state index in [1.807, 2.05) is 13.8 Å². The first-order valence-electron chi connectivity index (χ1n) is 7.95. The Balaban J connectivity index is 0.00000106. The van der Waals surface area contributed by atoms with Gasteiger partial charge in [0.15, 0.2) is 0 Å². The highest BCUT2D eigenvalue weighted by Gasteiger charge is 2.02. The van der Waals surface area contributed by atoms with Gasteiger partial charge in [-0.2, -0.15) is 0 Å². The molecule has 0 fully saturated rings. The SMILES string of the molecule is C/C=C\c1ccc(-c2ccc(C(C)C)cc2)cc1C.CC. The third-order valence-corrected chi connectivity index (χ3v) is 3.53. The van der Waals surface area contributed by atoms with Crippen LogP contribution in [0.2, 0.25) is 0 Å². The van der Waals surface area contributed by atoms with Crippen LogP contribution in [0.15, 0.2) is 48.5 Å². The van der Waals surface area contributed by atoms with Crippen LogP contribution in [-0.2, 0) is 0 Å². The Hall–Kier alpha value is -1.82. The summed E-state index contributed by atoms with van der Waals surface area (Å²) in [5.74, 6) is 0.591. The fourth-order valence-electron chi connectivity index (χ4n) is 2.28. The van der Waals surface area contributed by atoms with Crippen molar-refractivity contribution in [2.75, 3.05) is 0 Å². The van der Waals surface area contributed by atoms with Crippen molar-refractivity contribution >= 4 is 6.08 Å². The van der Waals surface area contributed by atoms with E-state index in [4.69, 9.17) is 0 Å². The zero-order valence-corrected chi connectivity index (χ0v) is 14.3. The Bertz CT molecular complexity index is 571. The monoisotopic (exact) mass is 280 g/mol. The van der Waals surface area contributed by atoms with Gasteiger partial charge in [0.25, 0.3) is 0 Å². The molecule has 0 heterocycles. The number of allylic oxidation sites excluding steroid dienone is 1. The molecular weight excluding hydrogens is 252 g/mol. The van der Waals surface area contributed by atoms with Gasteiger partial charge in [-0.1, -0.05) is 82.3 Å². The first-order chi connectivity index (χ1) is 10.1. The average molecular weight is 280 g/mol. The lowest BCUT2D eigenvalue weighted by Gasteiger charge is -2.09. The van der Waals surface area contributed by atoms with Gasteiger partial charge in [0, 0.05) is 0 Å². The van der Waals surface area contributed by atoms with E-state index in [2.05, 4.69) is 82.3 Å². The quantitative estimate of drug-likeness (QED) is 0.577. The van der Waals surface area contributed by atoms with Gasteiger partial charge in [-0.15, -0.1) is 0 Å². The Morgan fingerprint density at radius 1 is 0.857 bits per heavy atom. The van der Waals surface area contributed by atoms with Gasteiger partial charge in [-0.05, 0) is 47.6 Å². The smallest absolute Gasteiger partial charge is 0.0181 e. The maximum atomic E-state index is 2.26. The lowest BCUT2D eigenvalue weighted by atomic mass is 9.96. The molecule has 0 aliphatic carbocycles. The molecule has 2 rings (SSSR count). The summed E-state index contributed by atoms with van der Waals surface area (Å²) in [6, 6.07) is 15.6. The Morgan fingerprint density at radius 3 is 1.90 bits per heavy atom. The van der Waals surface area contributed by atoms with Crippen molar-refractivity contribution in [3.8, 4) is 11.1 Å². The van der Waals surface area contributed by atoms with Crippen LogP contribution < -0.4 is 0 Å². The zero-order valence-electron chi connectivity index (χ0n) is 14.3. The van der Waals surface area contributed by atoms with E-state index < -0.39 is 0 Å². The van der Waals surface area contributed by atoms with Crippen LogP contribution in [0.25, 0.3) is 17.2 Å². The third-order valence-electron chi connectivity index (χ3n) is 3.53. The molecule has 0 saturated carbocycles. The van der Waals surface area contributed by atoms with E-state index in [-0.39, 0.29) is 0 Å². The molecule has 0 saturated heterocycles. The van der Waals surface area contributed by atoms with Gasteiger partial charge in [0.1, 0.15) is 0 Å². The summed E-state index contributed by atoms with van der Waals surface area (Å²) in [6.45, 7) is 12.7. The average Bonchev–Trinajstić information content (AvgIpc) is 2.51. The molecule has 112 valence electrons. The van der Waals surface area contributed by atoms with E-state index in [0.717, 1.165) is 0 Å². The summed E-state index contributed by atoms with van der Waals surface area (Å²) in [5.41, 5.74) is 6.60. The Labute approximate surface area is 130 Å². The minimum atomic E-state index is 0.591. The number of hydrogen-bond donors (Lipinski definition) is 0. The predicted molar refractivity (Wildman–Crippen MR) is 96.8 cm³/mol. The van der Waals surface area contributed by atoms with Crippen LogP contribution in [-0.4, -0.2) is 0 Å². The van der Waals surface area contributed by atoms with Crippen molar-refractivity contribution in [2.45, 2.75) is 47.5 Å². The van der Waals surface area contributed by atoms with Crippen LogP contribution in [0.3, 0.4) is 0 Å². The van der Waals surface area contributed by atoms with E-state index in [1.54, 1.807) is 0 Å². The van der Waals surface area contributed by atoms with Gasteiger partial charge in [-0.25, -0.2) is 0 Å². The molecule has 2 aromatic rings. The van der Waals surface area contributed by atoms with E-state index in [0.29, 0.717) is 5.92 Å². The molecule has 21 heavy (non-hydrogen) atoms. The molecule has 0 aliphatic rings. The molecule has 0 spiro atoms. The second-order valence-corrected chi connectivity index (χ2v) is 5.35. The summed E-state index contributed by atoms with van der Waals surface area (Å²) in [7, 11) is 0. The van der Waals surface area contributed by atoms with Crippen molar-refractivity contribution < 1.29 is 0 Å². The minimum absolute atomic E-state index is 0.591. The van der Waals surface area contributed by atoms with Gasteiger partial charge in [-0.3, -0.25) is 0 Å². The van der Waals surface area contributed by atoms with Crippen LogP contribution in [0, 0.1) is 6.92 Å². The molecule has 0 aromatic heterocycles. The Morgan fingerprint density at radius 2 is 1.43 bits per heavy atom. The second kappa shape index (κ2) is 8.46. The molecule has 0 radical (unpaired) electrons. The first kappa shape index (κ1) is 17.2. The van der Waals surface area contributed by atoms with Gasteiger partial charge in [0.05, 0.1) is 0 Å². The maximum Gasteiger partial charge on any atom is -0.0181 e. The number of hydrogen-bond acceptors (Lipinski definition) is 0. The molecule has 0 aliphatic heterocycles. The topological polar surface area (TPSA) is 0 Å². The van der Waals surface area contributed by atoms with Crippen molar-refractivity contribution in [1.29, 1.82) is 0 Å². The number of rotatable bonds is 3. The first-order valence-corrected chi connectivity index (χ1v) is 7.95. The molecule has 0 heteroatoms. The van der Waals surface area contributed by atoms with Gasteiger partial charge < -0.3 is 0 Å². The maximum absolute atomic E-state index is 2.26. The minimum Gasteiger partial charge on any atom is -0.0871 e. The summed E-state index contributed by atoms with van der Waals surface area (Å²) < 4.78 is 0. The number of benzene rings is 2. The van der Waals surface area contributed by atoms with Crippen LogP contribution in [0.4, 0.5) is 0 Å². The van der Waals surface area contributed by atoms with E-state index >= 15 is 0 Å². The zero-order chi connectivity index (χ0) is 15.8. The summed E-state index contributed by atoms with van der Waals surface area (Å²) in [5, 5.41) is 0. The Kier molecular flexibility index (Phi) is 6.94. The van der Waals surface area contributed by atoms with E-state index in [9.17, 15) is 0 Å². The second-order valence-electron chi connectivity index (χ2n) is 5.35. The highest BCUT2D eigenvalue weighted by atomic mass is 14.1. The number of aryl methyl sites for hydroxylation is 1. The molecular formula is C21H28. The molecule has 0 amide bonds. The third kappa shape index (κ3) is 4.60. The summed E-state index contributed by atoms with van der Waals surface area (Å²) in [6.07, 6.45) is 4.24. The fourth-order valence-corrected chi connectivity index (χ4v) is 2.28. The highest BCUT2D eigenvalue weighted by molar-refractivity contribution is 5.68. The molecule has 0 N–H and O–H groups in total. The predicted octanol–water partition coefficient (Wildman–Crippen LogP) is 6.84. The van der Waals surface area contributed by atoms with Crippen molar-refractivity contribution in [3.63, 3.8) is 0 Å². The molecule has 0 unspecified atom stereocenters. The van der Waals surface area contributed by atoms with Crippen molar-refractivity contribution in [2.24, 2.45) is 0 Å². The summed E-state index contributed by atoms with van der Waals surface area (Å²) in [4.78, 5) is 0. The fraction of sp³-hybridized carbons (Fsp3) is 0.333. The van der Waals surface area contributed by atoms with Crippen LogP contribution in [0.5, 0.6) is 0 Å². The molecule has 2 aromatic carbocycles. The standard InChI is InChI=1S/C19H22.C2H6/c1-5-6-17-9-12-19(13-15(17)4)18-10-7-16(8-11-18)14(2)3;1-2/h5-14H,1-4H3;1-2H3/b6-5-;. The van der Waals surface area contributed by atoms with Crippen LogP contribution >= 0.6 is 0 Å². The van der Waals surface area contributed by atoms with Crippen molar-refractivity contribution in [1.82, 2.24) is 0 Å².